The fraction of sp³-hybridized carbons (Fsp3) is 0.182. The fourth-order valence-corrected chi connectivity index (χ4v) is 9.94. The van der Waals surface area contributed by atoms with Gasteiger partial charge in [0.1, 0.15) is 0 Å². The lowest BCUT2D eigenvalue weighted by molar-refractivity contribution is -0.114. The van der Waals surface area contributed by atoms with Gasteiger partial charge in [-0.2, -0.15) is 0 Å². The first kappa shape index (κ1) is 39.4. The van der Waals surface area contributed by atoms with Crippen molar-refractivity contribution in [2.24, 2.45) is 0 Å². The quantitative estimate of drug-likeness (QED) is 0.162. The highest BCUT2D eigenvalue weighted by Gasteiger charge is 2.22. The van der Waals surface area contributed by atoms with Crippen LogP contribution in [0.1, 0.15) is 79.8 Å². The Morgan fingerprint density at radius 1 is 0.410 bits per heavy atom. The number of amides is 1. The van der Waals surface area contributed by atoms with Gasteiger partial charge in [0.2, 0.25) is 5.91 Å². The summed E-state index contributed by atoms with van der Waals surface area (Å²) in [5, 5.41) is 2.93. The van der Waals surface area contributed by atoms with E-state index in [0.717, 1.165) is 89.5 Å². The van der Waals surface area contributed by atoms with E-state index in [0.29, 0.717) is 0 Å². The van der Waals surface area contributed by atoms with Crippen LogP contribution < -0.4 is 5.32 Å². The molecule has 5 heterocycles. The highest BCUT2D eigenvalue weighted by molar-refractivity contribution is 6.01. The molecule has 0 radical (unpaired) electrons. The lowest BCUT2D eigenvalue weighted by Crippen LogP contribution is -2.05. The summed E-state index contributed by atoms with van der Waals surface area (Å²) in [5.74, 6) is -0.110. The van der Waals surface area contributed by atoms with Gasteiger partial charge in [-0.05, 0) is 179 Å². The van der Waals surface area contributed by atoms with Gasteiger partial charge in [-0.15, -0.1) is 0 Å². The topological polar surface area (TPSA) is 86.5 Å². The SMILES string of the molecule is CC(=O)Nc1ccc(-c2c3nc(c(-c4c(C)cc(C)cc4C)c4ccc([nH]4)c(-c4c(C)cc(C)cc4C)c4nc(c(-c5c(C)cc(C)cc5C)c5ccc2[nH]5)C=C4)C=C3)cc1. The lowest BCUT2D eigenvalue weighted by atomic mass is 9.92. The van der Waals surface area contributed by atoms with Crippen molar-refractivity contribution in [3.8, 4) is 44.5 Å². The number of carbonyl (C=O) groups is 1. The average molecular weight is 798 g/mol. The van der Waals surface area contributed by atoms with Gasteiger partial charge in [0.15, 0.2) is 0 Å². The molecule has 0 aliphatic carbocycles. The summed E-state index contributed by atoms with van der Waals surface area (Å²) in [7, 11) is 0. The van der Waals surface area contributed by atoms with Gasteiger partial charge in [-0.3, -0.25) is 4.79 Å². The van der Waals surface area contributed by atoms with Gasteiger partial charge in [-0.25, -0.2) is 9.97 Å². The molecular formula is C55H51N5O. The fourth-order valence-electron chi connectivity index (χ4n) is 9.94. The van der Waals surface area contributed by atoms with Gasteiger partial charge in [0, 0.05) is 56.9 Å². The number of fused-ring (bicyclic) bond motifs is 8. The van der Waals surface area contributed by atoms with Gasteiger partial charge in [0.05, 0.1) is 22.8 Å². The second kappa shape index (κ2) is 15.2. The van der Waals surface area contributed by atoms with E-state index in [1.165, 1.54) is 62.6 Å². The van der Waals surface area contributed by atoms with E-state index in [4.69, 9.17) is 9.97 Å². The van der Waals surface area contributed by atoms with Crippen molar-refractivity contribution in [3.63, 3.8) is 0 Å². The number of H-pyrrole nitrogens is 2. The molecule has 1 amide bonds. The van der Waals surface area contributed by atoms with Gasteiger partial charge >= 0.3 is 0 Å². The Hall–Kier alpha value is -7.05. The van der Waals surface area contributed by atoms with Crippen molar-refractivity contribution >= 4 is 58.0 Å². The molecule has 302 valence electrons. The molecule has 0 saturated carbocycles. The van der Waals surface area contributed by atoms with Crippen molar-refractivity contribution in [2.45, 2.75) is 69.2 Å². The molecule has 3 aromatic heterocycles. The first-order valence-corrected chi connectivity index (χ1v) is 21.0. The first-order valence-electron chi connectivity index (χ1n) is 21.0. The smallest absolute Gasteiger partial charge is 0.221 e. The maximum absolute atomic E-state index is 12.0. The van der Waals surface area contributed by atoms with Crippen LogP contribution in [0.25, 0.3) is 90.9 Å². The maximum Gasteiger partial charge on any atom is 0.221 e. The molecule has 0 unspecified atom stereocenters. The molecule has 2 aliphatic rings. The average Bonchev–Trinajstić information content (AvgIpc) is 4.02. The summed E-state index contributed by atoms with van der Waals surface area (Å²) >= 11 is 0. The number of aromatic nitrogens is 4. The minimum absolute atomic E-state index is 0.110. The standard InChI is InChI=1S/C55H51N5O/c1-29-23-32(4)49(33(5)24-29)53-43-17-15-41(57-43)52(39-11-13-40(14-12-39)56-38(10)61)42-16-18-44(58-42)54(50-34(6)25-30(2)26-35(50)7)46-20-22-48(60-46)55(47-21-19-45(53)59-47)51-36(8)27-31(3)28-37(51)9/h11-28,57,60H,1-10H3,(H,56,61). The Labute approximate surface area is 358 Å². The van der Waals surface area contributed by atoms with E-state index in [9.17, 15) is 4.79 Å². The molecule has 7 aromatic rings. The zero-order valence-corrected chi connectivity index (χ0v) is 36.7. The maximum atomic E-state index is 12.0. The van der Waals surface area contributed by atoms with Gasteiger partial charge in [-0.1, -0.05) is 65.2 Å². The number of hydrogen-bond donors (Lipinski definition) is 3. The minimum atomic E-state index is -0.110. The molecule has 9 rings (SSSR count). The molecule has 2 aliphatic heterocycles. The molecule has 0 spiro atoms. The predicted octanol–water partition coefficient (Wildman–Crippen LogP) is 14.1. The molecular weight excluding hydrogens is 747 g/mol. The predicted molar refractivity (Wildman–Crippen MR) is 258 cm³/mol. The van der Waals surface area contributed by atoms with Crippen LogP contribution in [0.2, 0.25) is 0 Å². The second-order valence-corrected chi connectivity index (χ2v) is 17.1. The number of hydrogen-bond acceptors (Lipinski definition) is 3. The van der Waals surface area contributed by atoms with Gasteiger partial charge < -0.3 is 15.3 Å². The highest BCUT2D eigenvalue weighted by atomic mass is 16.1. The zero-order chi connectivity index (χ0) is 42.9. The molecule has 4 aromatic carbocycles. The number of carbonyl (C=O) groups excluding carboxylic acids is 1. The third kappa shape index (κ3) is 7.12. The normalized spacial score (nSPS) is 12.0. The number of benzene rings is 4. The summed E-state index contributed by atoms with van der Waals surface area (Å²) in [4.78, 5) is 31.0. The Morgan fingerprint density at radius 2 is 0.705 bits per heavy atom. The zero-order valence-electron chi connectivity index (χ0n) is 36.7. The van der Waals surface area contributed by atoms with Crippen LogP contribution >= 0.6 is 0 Å². The Morgan fingerprint density at radius 3 is 1.02 bits per heavy atom. The van der Waals surface area contributed by atoms with Crippen LogP contribution in [0.4, 0.5) is 5.69 Å². The number of anilines is 1. The largest absolute Gasteiger partial charge is 0.354 e. The minimum Gasteiger partial charge on any atom is -0.354 e. The van der Waals surface area contributed by atoms with Crippen LogP contribution in [-0.2, 0) is 4.79 Å². The number of nitrogens with one attached hydrogen (secondary N) is 3. The molecule has 6 nitrogen and oxygen atoms in total. The van der Waals surface area contributed by atoms with Crippen molar-refractivity contribution < 1.29 is 4.79 Å². The molecule has 8 bridgehead atoms. The van der Waals surface area contributed by atoms with Gasteiger partial charge in [0.25, 0.3) is 0 Å². The molecule has 61 heavy (non-hydrogen) atoms. The van der Waals surface area contributed by atoms with Crippen LogP contribution in [0, 0.1) is 62.3 Å². The van der Waals surface area contributed by atoms with Crippen LogP contribution in [-0.4, -0.2) is 25.8 Å². The monoisotopic (exact) mass is 797 g/mol. The molecule has 0 saturated heterocycles. The Balaban J connectivity index is 1.50. The van der Waals surface area contributed by atoms with Crippen LogP contribution in [0.3, 0.4) is 0 Å². The van der Waals surface area contributed by atoms with E-state index in [2.05, 4.69) is 175 Å². The van der Waals surface area contributed by atoms with E-state index in [-0.39, 0.29) is 5.91 Å². The number of aryl methyl sites for hydroxylation is 9. The molecule has 3 N–H and O–H groups in total. The van der Waals surface area contributed by atoms with Crippen LogP contribution in [0.5, 0.6) is 0 Å². The summed E-state index contributed by atoms with van der Waals surface area (Å²) < 4.78 is 0. The van der Waals surface area contributed by atoms with Crippen molar-refractivity contribution in [1.29, 1.82) is 0 Å². The van der Waals surface area contributed by atoms with E-state index >= 15 is 0 Å². The summed E-state index contributed by atoms with van der Waals surface area (Å²) in [6, 6.07) is 30.3. The van der Waals surface area contributed by atoms with Crippen molar-refractivity contribution in [1.82, 2.24) is 19.9 Å². The molecule has 0 fully saturated rings. The molecule has 0 atom stereocenters. The van der Waals surface area contributed by atoms with Crippen molar-refractivity contribution in [3.05, 3.63) is 158 Å². The van der Waals surface area contributed by atoms with E-state index in [1.807, 2.05) is 12.1 Å². The Kier molecular flexibility index (Phi) is 9.82. The van der Waals surface area contributed by atoms with E-state index in [1.54, 1.807) is 0 Å². The number of nitrogens with zero attached hydrogens (tertiary/aromatic N) is 2. The number of rotatable bonds is 5. The summed E-state index contributed by atoms with van der Waals surface area (Å²) in [5.41, 5.74) is 27.5. The third-order valence-electron chi connectivity index (χ3n) is 12.0. The van der Waals surface area contributed by atoms with Crippen molar-refractivity contribution in [2.75, 3.05) is 5.32 Å². The summed E-state index contributed by atoms with van der Waals surface area (Å²) in [6.45, 7) is 21.2. The lowest BCUT2D eigenvalue weighted by Gasteiger charge is -2.14. The van der Waals surface area contributed by atoms with E-state index < -0.39 is 0 Å². The first-order chi connectivity index (χ1) is 29.2. The number of aromatic amines is 2. The third-order valence-corrected chi connectivity index (χ3v) is 12.0. The summed E-state index contributed by atoms with van der Waals surface area (Å²) in [6.07, 6.45) is 8.64. The second-order valence-electron chi connectivity index (χ2n) is 17.1. The highest BCUT2D eigenvalue weighted by Crippen LogP contribution is 2.42. The molecule has 6 heteroatoms. The Bertz CT molecular complexity index is 3100. The van der Waals surface area contributed by atoms with Crippen LogP contribution in [0.15, 0.2) is 84.9 Å².